The number of phenols is 1. The van der Waals surface area contributed by atoms with Crippen molar-refractivity contribution in [2.75, 3.05) is 5.75 Å². The van der Waals surface area contributed by atoms with Crippen molar-refractivity contribution in [3.05, 3.63) is 24.0 Å². The minimum atomic E-state index is -0.274. The quantitative estimate of drug-likeness (QED) is 0.799. The summed E-state index contributed by atoms with van der Waals surface area (Å²) in [5.74, 6) is 1.66. The van der Waals surface area contributed by atoms with Crippen molar-refractivity contribution < 1.29 is 9.50 Å². The third-order valence-corrected chi connectivity index (χ3v) is 4.40. The van der Waals surface area contributed by atoms with Crippen molar-refractivity contribution in [1.82, 2.24) is 0 Å². The molecule has 1 aliphatic rings. The lowest BCUT2D eigenvalue weighted by atomic mass is 9.91. The minimum Gasteiger partial charge on any atom is -0.507 e. The summed E-state index contributed by atoms with van der Waals surface area (Å²) in [7, 11) is 0. The van der Waals surface area contributed by atoms with Crippen LogP contribution in [0.2, 0.25) is 0 Å². The van der Waals surface area contributed by atoms with E-state index in [1.165, 1.54) is 50.3 Å². The van der Waals surface area contributed by atoms with E-state index in [1.807, 2.05) is 0 Å². The SMILES string of the molecule is Oc1ccc(F)cc1SCC1CCCCC1. The van der Waals surface area contributed by atoms with Crippen LogP contribution in [-0.2, 0) is 0 Å². The van der Waals surface area contributed by atoms with Gasteiger partial charge in [-0.05, 0) is 37.0 Å². The Labute approximate surface area is 100 Å². The van der Waals surface area contributed by atoms with Crippen LogP contribution in [0.1, 0.15) is 32.1 Å². The first kappa shape index (κ1) is 11.8. The lowest BCUT2D eigenvalue weighted by molar-refractivity contribution is 0.390. The molecule has 1 N–H and O–H groups in total. The van der Waals surface area contributed by atoms with E-state index in [-0.39, 0.29) is 11.6 Å². The van der Waals surface area contributed by atoms with Crippen LogP contribution in [0.4, 0.5) is 4.39 Å². The second-order valence-electron chi connectivity index (χ2n) is 4.43. The fraction of sp³-hybridized carbons (Fsp3) is 0.538. The molecule has 1 nitrogen and oxygen atoms in total. The Morgan fingerprint density at radius 1 is 1.25 bits per heavy atom. The van der Waals surface area contributed by atoms with Crippen molar-refractivity contribution >= 4 is 11.8 Å². The van der Waals surface area contributed by atoms with Gasteiger partial charge < -0.3 is 5.11 Å². The van der Waals surface area contributed by atoms with Gasteiger partial charge in [-0.1, -0.05) is 19.3 Å². The van der Waals surface area contributed by atoms with Gasteiger partial charge in [-0.2, -0.15) is 0 Å². The monoisotopic (exact) mass is 240 g/mol. The first-order chi connectivity index (χ1) is 7.75. The van der Waals surface area contributed by atoms with E-state index in [1.54, 1.807) is 11.8 Å². The van der Waals surface area contributed by atoms with E-state index >= 15 is 0 Å². The largest absolute Gasteiger partial charge is 0.507 e. The Morgan fingerprint density at radius 2 is 2.00 bits per heavy atom. The highest BCUT2D eigenvalue weighted by atomic mass is 32.2. The third-order valence-electron chi connectivity index (χ3n) is 3.12. The molecule has 0 spiro atoms. The Morgan fingerprint density at radius 3 is 2.75 bits per heavy atom. The van der Waals surface area contributed by atoms with Crippen LogP contribution in [0.3, 0.4) is 0 Å². The zero-order valence-electron chi connectivity index (χ0n) is 9.29. The predicted molar refractivity (Wildman–Crippen MR) is 65.4 cm³/mol. The first-order valence-electron chi connectivity index (χ1n) is 5.87. The number of rotatable bonds is 3. The van der Waals surface area contributed by atoms with Gasteiger partial charge in [0.2, 0.25) is 0 Å². The lowest BCUT2D eigenvalue weighted by Gasteiger charge is -2.21. The molecule has 1 fully saturated rings. The summed E-state index contributed by atoms with van der Waals surface area (Å²) in [6, 6.07) is 4.14. The summed E-state index contributed by atoms with van der Waals surface area (Å²) in [5.41, 5.74) is 0. The van der Waals surface area contributed by atoms with Crippen LogP contribution in [0.15, 0.2) is 23.1 Å². The molecule has 0 radical (unpaired) electrons. The molecule has 0 atom stereocenters. The summed E-state index contributed by atoms with van der Waals surface area (Å²) in [4.78, 5) is 0.672. The Kier molecular flexibility index (Phi) is 4.10. The molecule has 0 unspecified atom stereocenters. The number of hydrogen-bond acceptors (Lipinski definition) is 2. The molecule has 1 aliphatic carbocycles. The van der Waals surface area contributed by atoms with Crippen LogP contribution < -0.4 is 0 Å². The molecule has 0 saturated heterocycles. The van der Waals surface area contributed by atoms with Gasteiger partial charge in [0.1, 0.15) is 11.6 Å². The molecule has 88 valence electrons. The van der Waals surface area contributed by atoms with E-state index in [4.69, 9.17) is 0 Å². The lowest BCUT2D eigenvalue weighted by Crippen LogP contribution is -2.08. The molecule has 16 heavy (non-hydrogen) atoms. The highest BCUT2D eigenvalue weighted by Gasteiger charge is 2.14. The molecular formula is C13H17FOS. The maximum Gasteiger partial charge on any atom is 0.129 e. The molecular weight excluding hydrogens is 223 g/mol. The van der Waals surface area contributed by atoms with Crippen molar-refractivity contribution in [3.8, 4) is 5.75 Å². The minimum absolute atomic E-state index is 0.196. The van der Waals surface area contributed by atoms with E-state index in [0.717, 1.165) is 11.7 Å². The van der Waals surface area contributed by atoms with Gasteiger partial charge >= 0.3 is 0 Å². The molecule has 2 rings (SSSR count). The van der Waals surface area contributed by atoms with E-state index in [0.29, 0.717) is 4.90 Å². The maximum atomic E-state index is 13.0. The van der Waals surface area contributed by atoms with Gasteiger partial charge in [-0.25, -0.2) is 4.39 Å². The molecule has 0 aromatic heterocycles. The molecule has 1 aromatic rings. The normalized spacial score (nSPS) is 17.6. The molecule has 1 saturated carbocycles. The first-order valence-corrected chi connectivity index (χ1v) is 6.85. The number of thioether (sulfide) groups is 1. The standard InChI is InChI=1S/C13H17FOS/c14-11-6-7-12(15)13(8-11)16-9-10-4-2-1-3-5-10/h6-8,10,15H,1-5,9H2. The van der Waals surface area contributed by atoms with Crippen molar-refractivity contribution in [2.45, 2.75) is 37.0 Å². The highest BCUT2D eigenvalue weighted by molar-refractivity contribution is 7.99. The number of benzene rings is 1. The zero-order chi connectivity index (χ0) is 11.4. The molecule has 0 heterocycles. The zero-order valence-corrected chi connectivity index (χ0v) is 10.1. The van der Waals surface area contributed by atoms with Crippen LogP contribution >= 0.6 is 11.8 Å². The maximum absolute atomic E-state index is 13.0. The second-order valence-corrected chi connectivity index (χ2v) is 5.49. The van der Waals surface area contributed by atoms with Crippen molar-refractivity contribution in [2.24, 2.45) is 5.92 Å². The van der Waals surface area contributed by atoms with Crippen LogP contribution in [0.25, 0.3) is 0 Å². The van der Waals surface area contributed by atoms with Gasteiger partial charge in [0, 0.05) is 5.75 Å². The summed E-state index contributed by atoms with van der Waals surface area (Å²) < 4.78 is 13.0. The van der Waals surface area contributed by atoms with Gasteiger partial charge in [0.05, 0.1) is 4.90 Å². The number of phenolic OH excluding ortho intramolecular Hbond substituents is 1. The van der Waals surface area contributed by atoms with Crippen LogP contribution in [0, 0.1) is 11.7 Å². The van der Waals surface area contributed by atoms with E-state index in [2.05, 4.69) is 0 Å². The highest BCUT2D eigenvalue weighted by Crippen LogP contribution is 2.34. The smallest absolute Gasteiger partial charge is 0.129 e. The van der Waals surface area contributed by atoms with Crippen LogP contribution in [-0.4, -0.2) is 10.9 Å². The number of aromatic hydroxyl groups is 1. The fourth-order valence-electron chi connectivity index (χ4n) is 2.17. The molecule has 0 amide bonds. The van der Waals surface area contributed by atoms with Gasteiger partial charge in [-0.15, -0.1) is 11.8 Å². The molecule has 0 aliphatic heterocycles. The number of halogens is 1. The van der Waals surface area contributed by atoms with Gasteiger partial charge in [0.15, 0.2) is 0 Å². The topological polar surface area (TPSA) is 20.2 Å². The number of hydrogen-bond donors (Lipinski definition) is 1. The third kappa shape index (κ3) is 3.14. The van der Waals surface area contributed by atoms with E-state index in [9.17, 15) is 9.50 Å². The summed E-state index contributed by atoms with van der Waals surface area (Å²) >= 11 is 1.58. The van der Waals surface area contributed by atoms with E-state index < -0.39 is 0 Å². The summed E-state index contributed by atoms with van der Waals surface area (Å²) in [5, 5.41) is 9.58. The van der Waals surface area contributed by atoms with Crippen LogP contribution in [0.5, 0.6) is 5.75 Å². The van der Waals surface area contributed by atoms with Crippen molar-refractivity contribution in [3.63, 3.8) is 0 Å². The molecule has 3 heteroatoms. The second kappa shape index (κ2) is 5.58. The average Bonchev–Trinajstić information content (AvgIpc) is 2.32. The Balaban J connectivity index is 1.90. The summed E-state index contributed by atoms with van der Waals surface area (Å²) in [6.07, 6.45) is 6.55. The predicted octanol–water partition coefficient (Wildman–Crippen LogP) is 4.20. The summed E-state index contributed by atoms with van der Waals surface area (Å²) in [6.45, 7) is 0. The van der Waals surface area contributed by atoms with Gasteiger partial charge in [-0.3, -0.25) is 0 Å². The fourth-order valence-corrected chi connectivity index (χ4v) is 3.33. The van der Waals surface area contributed by atoms with Crippen molar-refractivity contribution in [1.29, 1.82) is 0 Å². The Bertz CT molecular complexity index is 348. The molecule has 0 bridgehead atoms. The Hall–Kier alpha value is -0.700. The molecule has 1 aromatic carbocycles. The van der Waals surface area contributed by atoms with Gasteiger partial charge in [0.25, 0.3) is 0 Å². The average molecular weight is 240 g/mol.